The fraction of sp³-hybridized carbons (Fsp3) is 0.381. The van der Waals surface area contributed by atoms with Crippen molar-refractivity contribution in [1.82, 2.24) is 9.80 Å². The topological polar surface area (TPSA) is 96.4 Å². The van der Waals surface area contributed by atoms with Crippen molar-refractivity contribution < 1.29 is 22.7 Å². The van der Waals surface area contributed by atoms with Gasteiger partial charge in [-0.2, -0.15) is 0 Å². The molecule has 1 aromatic rings. The van der Waals surface area contributed by atoms with E-state index >= 15 is 0 Å². The van der Waals surface area contributed by atoms with E-state index in [1.165, 1.54) is 18.4 Å². The lowest BCUT2D eigenvalue weighted by molar-refractivity contribution is -0.158. The van der Waals surface area contributed by atoms with Crippen molar-refractivity contribution in [2.75, 3.05) is 25.4 Å². The highest BCUT2D eigenvalue weighted by Crippen LogP contribution is 2.25. The van der Waals surface area contributed by atoms with Gasteiger partial charge >= 0.3 is 5.97 Å². The molecule has 4 rings (SSSR count). The Morgan fingerprint density at radius 3 is 2.47 bits per heavy atom. The Bertz CT molecular complexity index is 1020. The molecule has 0 N–H and O–H groups in total. The van der Waals surface area contributed by atoms with E-state index in [9.17, 15) is 18.0 Å². The van der Waals surface area contributed by atoms with Crippen molar-refractivity contribution in [2.24, 2.45) is 4.40 Å². The van der Waals surface area contributed by atoms with Crippen LogP contribution in [0.3, 0.4) is 0 Å². The van der Waals surface area contributed by atoms with E-state index < -0.39 is 22.1 Å². The van der Waals surface area contributed by atoms with Crippen LogP contribution < -0.4 is 0 Å². The van der Waals surface area contributed by atoms with E-state index in [1.54, 1.807) is 34.1 Å². The molecule has 3 aliphatic heterocycles. The Labute approximate surface area is 175 Å². The standard InChI is InChI=1S/C21H23N3O5S/c25-20(23-11-5-2-6-12-23)19(16-7-3-1-4-8-16)29-21(26)17-9-10-18-22-30(27,28)14-13-24(18)15-17/h1,3-4,7-10,15,19H,2,5-6,11-14H2. The molecule has 3 aliphatic rings. The van der Waals surface area contributed by atoms with Crippen LogP contribution in [0.5, 0.6) is 0 Å². The number of sulfonamides is 1. The molecule has 0 spiro atoms. The van der Waals surface area contributed by atoms with Crippen molar-refractivity contribution in [3.8, 4) is 0 Å². The summed E-state index contributed by atoms with van der Waals surface area (Å²) in [6, 6.07) is 8.98. The van der Waals surface area contributed by atoms with E-state index in [4.69, 9.17) is 4.74 Å². The van der Waals surface area contributed by atoms with Crippen LogP contribution in [0, 0.1) is 0 Å². The zero-order chi connectivity index (χ0) is 21.1. The smallest absolute Gasteiger partial charge is 0.340 e. The van der Waals surface area contributed by atoms with Crippen LogP contribution in [0.25, 0.3) is 0 Å². The zero-order valence-corrected chi connectivity index (χ0v) is 17.3. The van der Waals surface area contributed by atoms with Gasteiger partial charge in [0.1, 0.15) is 5.84 Å². The highest BCUT2D eigenvalue weighted by atomic mass is 32.2. The number of piperidine rings is 1. The lowest BCUT2D eigenvalue weighted by Crippen LogP contribution is -2.40. The van der Waals surface area contributed by atoms with Crippen molar-refractivity contribution in [1.29, 1.82) is 0 Å². The number of nitrogens with zero attached hydrogens (tertiary/aromatic N) is 3. The second-order valence-corrected chi connectivity index (χ2v) is 9.18. The van der Waals surface area contributed by atoms with E-state index in [1.807, 2.05) is 6.07 Å². The lowest BCUT2D eigenvalue weighted by atomic mass is 10.1. The number of carbonyl (C=O) groups excluding carboxylic acids is 2. The number of fused-ring (bicyclic) bond motifs is 1. The maximum atomic E-state index is 13.1. The van der Waals surface area contributed by atoms with Crippen molar-refractivity contribution >= 4 is 27.7 Å². The summed E-state index contributed by atoms with van der Waals surface area (Å²) in [5.41, 5.74) is 0.855. The van der Waals surface area contributed by atoms with Crippen LogP contribution >= 0.6 is 0 Å². The molecule has 1 amide bonds. The van der Waals surface area contributed by atoms with Crippen LogP contribution in [0.1, 0.15) is 30.9 Å². The molecule has 158 valence electrons. The van der Waals surface area contributed by atoms with Gasteiger partial charge in [-0.25, -0.2) is 13.2 Å². The second-order valence-electron chi connectivity index (χ2n) is 7.43. The van der Waals surface area contributed by atoms with Crippen LogP contribution in [0.2, 0.25) is 0 Å². The predicted molar refractivity (Wildman–Crippen MR) is 111 cm³/mol. The molecule has 1 fully saturated rings. The molecule has 0 saturated carbocycles. The monoisotopic (exact) mass is 429 g/mol. The SMILES string of the molecule is O=C(OC(C(=O)N1CCCCC1)c1ccccc1)C1=CN2CCS(=O)(=O)N=C2C=C1. The van der Waals surface area contributed by atoms with Gasteiger partial charge in [-0.3, -0.25) is 4.79 Å². The van der Waals surface area contributed by atoms with Crippen LogP contribution in [-0.4, -0.2) is 61.3 Å². The summed E-state index contributed by atoms with van der Waals surface area (Å²) in [7, 11) is -3.47. The molecule has 8 nitrogen and oxygen atoms in total. The van der Waals surface area contributed by atoms with Crippen molar-refractivity contribution in [3.05, 3.63) is 59.8 Å². The molecule has 1 saturated heterocycles. The third-order valence-corrected chi connectivity index (χ3v) is 6.44. The Kier molecular flexibility index (Phi) is 5.72. The first-order valence-electron chi connectivity index (χ1n) is 9.97. The molecule has 9 heteroatoms. The first kappa shape index (κ1) is 20.3. The largest absolute Gasteiger partial charge is 0.444 e. The number of esters is 1. The molecule has 0 bridgehead atoms. The summed E-state index contributed by atoms with van der Waals surface area (Å²) in [6.07, 6.45) is 6.39. The van der Waals surface area contributed by atoms with Gasteiger partial charge in [-0.15, -0.1) is 4.40 Å². The highest BCUT2D eigenvalue weighted by molar-refractivity contribution is 7.90. The third kappa shape index (κ3) is 4.46. The average molecular weight is 429 g/mol. The molecular formula is C21H23N3O5S. The van der Waals surface area contributed by atoms with Gasteiger partial charge in [0.15, 0.2) is 0 Å². The number of rotatable bonds is 4. The zero-order valence-electron chi connectivity index (χ0n) is 16.4. The number of hydrogen-bond donors (Lipinski definition) is 0. The second kappa shape index (κ2) is 8.43. The molecule has 0 radical (unpaired) electrons. The van der Waals surface area contributed by atoms with Crippen LogP contribution in [-0.2, 0) is 24.3 Å². The summed E-state index contributed by atoms with van der Waals surface area (Å²) in [6.45, 7) is 1.52. The molecule has 1 atom stereocenters. The Morgan fingerprint density at radius 2 is 1.73 bits per heavy atom. The van der Waals surface area contributed by atoms with Gasteiger partial charge in [0, 0.05) is 31.4 Å². The first-order chi connectivity index (χ1) is 14.4. The van der Waals surface area contributed by atoms with E-state index in [0.717, 1.165) is 19.3 Å². The van der Waals surface area contributed by atoms with Crippen molar-refractivity contribution in [3.63, 3.8) is 0 Å². The summed E-state index contributed by atoms with van der Waals surface area (Å²) >= 11 is 0. The number of benzene rings is 1. The summed E-state index contributed by atoms with van der Waals surface area (Å²) in [4.78, 5) is 29.4. The average Bonchev–Trinajstić information content (AvgIpc) is 2.77. The summed E-state index contributed by atoms with van der Waals surface area (Å²) < 4.78 is 32.7. The number of likely N-dealkylation sites (tertiary alicyclic amines) is 1. The Balaban J connectivity index is 1.54. The van der Waals surface area contributed by atoms with Gasteiger partial charge in [0.05, 0.1) is 11.3 Å². The van der Waals surface area contributed by atoms with Gasteiger partial charge in [0.2, 0.25) is 6.10 Å². The fourth-order valence-electron chi connectivity index (χ4n) is 3.67. The normalized spacial score (nSPS) is 21.2. The Morgan fingerprint density at radius 1 is 1.00 bits per heavy atom. The molecule has 1 unspecified atom stereocenters. The molecule has 0 aliphatic carbocycles. The molecule has 3 heterocycles. The summed E-state index contributed by atoms with van der Waals surface area (Å²) in [5, 5.41) is 0. The van der Waals surface area contributed by atoms with Crippen molar-refractivity contribution in [2.45, 2.75) is 25.4 Å². The fourth-order valence-corrected chi connectivity index (χ4v) is 4.64. The number of amidine groups is 1. The Hall–Kier alpha value is -2.94. The lowest BCUT2D eigenvalue weighted by Gasteiger charge is -2.31. The minimum absolute atomic E-state index is 0.122. The number of hydrogen-bond acceptors (Lipinski definition) is 6. The van der Waals surface area contributed by atoms with Gasteiger partial charge < -0.3 is 14.5 Å². The van der Waals surface area contributed by atoms with Gasteiger partial charge in [0.25, 0.3) is 15.9 Å². The number of carbonyl (C=O) groups is 2. The quantitative estimate of drug-likeness (QED) is 0.677. The molecule has 30 heavy (non-hydrogen) atoms. The third-order valence-electron chi connectivity index (χ3n) is 5.28. The number of amides is 1. The summed E-state index contributed by atoms with van der Waals surface area (Å²) in [5.74, 6) is -0.718. The highest BCUT2D eigenvalue weighted by Gasteiger charge is 2.32. The van der Waals surface area contributed by atoms with E-state index in [2.05, 4.69) is 4.40 Å². The number of ether oxygens (including phenoxy) is 1. The van der Waals surface area contributed by atoms with Gasteiger partial charge in [-0.1, -0.05) is 30.3 Å². The first-order valence-corrected chi connectivity index (χ1v) is 11.6. The molecule has 0 aromatic heterocycles. The van der Waals surface area contributed by atoms with Crippen LogP contribution in [0.4, 0.5) is 0 Å². The molecule has 1 aromatic carbocycles. The van der Waals surface area contributed by atoms with E-state index in [0.29, 0.717) is 18.7 Å². The minimum atomic E-state index is -3.47. The van der Waals surface area contributed by atoms with E-state index in [-0.39, 0.29) is 29.6 Å². The predicted octanol–water partition coefficient (Wildman–Crippen LogP) is 1.78. The van der Waals surface area contributed by atoms with Crippen LogP contribution in [0.15, 0.2) is 58.7 Å². The molecular weight excluding hydrogens is 406 g/mol. The maximum absolute atomic E-state index is 13.1. The maximum Gasteiger partial charge on any atom is 0.340 e. The van der Waals surface area contributed by atoms with Gasteiger partial charge in [-0.05, 0) is 31.4 Å². The minimum Gasteiger partial charge on any atom is -0.444 e.